The number of hydrogen-bond acceptors (Lipinski definition) is 2. The van der Waals surface area contributed by atoms with Gasteiger partial charge in [0.25, 0.3) is 0 Å². The molecule has 2 nitrogen and oxygen atoms in total. The third kappa shape index (κ3) is 3.02. The third-order valence-electron chi connectivity index (χ3n) is 2.41. The van der Waals surface area contributed by atoms with Gasteiger partial charge in [0, 0.05) is 12.3 Å². The second-order valence-electron chi connectivity index (χ2n) is 3.21. The van der Waals surface area contributed by atoms with E-state index >= 15 is 0 Å². The second kappa shape index (κ2) is 4.50. The Kier molecular flexibility index (Phi) is 4.34. The van der Waals surface area contributed by atoms with Crippen LogP contribution in [-0.2, 0) is 4.79 Å². The maximum Gasteiger partial charge on any atom is 0.135 e. The van der Waals surface area contributed by atoms with Gasteiger partial charge < -0.3 is 5.11 Å². The number of hydrogen-bond donors (Lipinski definition) is 1. The van der Waals surface area contributed by atoms with E-state index in [1.54, 1.807) is 6.92 Å². The minimum atomic E-state index is -0.388. The molecule has 0 rings (SSSR count). The quantitative estimate of drug-likeness (QED) is 0.675. The fourth-order valence-electron chi connectivity index (χ4n) is 1.03. The van der Waals surface area contributed by atoms with Crippen LogP contribution in [0.4, 0.5) is 0 Å². The van der Waals surface area contributed by atoms with Crippen LogP contribution >= 0.6 is 0 Å². The largest absolute Gasteiger partial charge is 0.393 e. The number of carbonyl (C=O) groups excluding carboxylic acids is 1. The van der Waals surface area contributed by atoms with Gasteiger partial charge in [-0.1, -0.05) is 20.8 Å². The van der Waals surface area contributed by atoms with E-state index in [4.69, 9.17) is 0 Å². The summed E-state index contributed by atoms with van der Waals surface area (Å²) >= 11 is 0. The molecule has 0 aliphatic heterocycles. The van der Waals surface area contributed by atoms with Gasteiger partial charge in [0.2, 0.25) is 0 Å². The van der Waals surface area contributed by atoms with Gasteiger partial charge in [-0.05, 0) is 12.8 Å². The summed E-state index contributed by atoms with van der Waals surface area (Å²) in [4.78, 5) is 11.1. The van der Waals surface area contributed by atoms with Crippen molar-refractivity contribution in [2.24, 2.45) is 11.8 Å². The predicted octanol–water partition coefficient (Wildman–Crippen LogP) is 1.62. The molecule has 0 saturated carbocycles. The summed E-state index contributed by atoms with van der Waals surface area (Å²) in [7, 11) is 0. The number of rotatable bonds is 4. The zero-order chi connectivity index (χ0) is 9.02. The molecule has 0 aliphatic rings. The summed E-state index contributed by atoms with van der Waals surface area (Å²) in [5.74, 6) is 0.292. The highest BCUT2D eigenvalue weighted by Crippen LogP contribution is 2.16. The van der Waals surface area contributed by atoms with Crippen molar-refractivity contribution in [1.29, 1.82) is 0 Å². The first-order valence-electron chi connectivity index (χ1n) is 4.21. The molecule has 66 valence electrons. The van der Waals surface area contributed by atoms with Gasteiger partial charge in [-0.25, -0.2) is 0 Å². The zero-order valence-electron chi connectivity index (χ0n) is 7.79. The first-order chi connectivity index (χ1) is 5.00. The minimum absolute atomic E-state index is 0.0139. The van der Waals surface area contributed by atoms with Gasteiger partial charge in [0.1, 0.15) is 5.78 Å². The van der Waals surface area contributed by atoms with Crippen LogP contribution in [0.25, 0.3) is 0 Å². The molecule has 0 aromatic carbocycles. The summed E-state index contributed by atoms with van der Waals surface area (Å²) in [5, 5.41) is 9.18. The van der Waals surface area contributed by atoms with Crippen molar-refractivity contribution >= 4 is 5.78 Å². The summed E-state index contributed by atoms with van der Waals surface area (Å²) in [6, 6.07) is 0. The molecule has 2 heteroatoms. The molecular weight excluding hydrogens is 140 g/mol. The Bertz CT molecular complexity index is 130. The summed E-state index contributed by atoms with van der Waals surface area (Å²) in [6.45, 7) is 7.36. The van der Waals surface area contributed by atoms with Gasteiger partial charge in [-0.3, -0.25) is 4.79 Å². The number of carbonyl (C=O) groups is 1. The molecule has 3 unspecified atom stereocenters. The standard InChI is InChI=1S/C9H18O2/c1-5-9(11)7(3)6(2)8(4)10/h6-8,10H,5H2,1-4H3. The van der Waals surface area contributed by atoms with Crippen molar-refractivity contribution in [3.05, 3.63) is 0 Å². The highest BCUT2D eigenvalue weighted by atomic mass is 16.3. The van der Waals surface area contributed by atoms with E-state index in [0.29, 0.717) is 6.42 Å². The van der Waals surface area contributed by atoms with E-state index in [9.17, 15) is 9.90 Å². The van der Waals surface area contributed by atoms with E-state index in [-0.39, 0.29) is 23.7 Å². The highest BCUT2D eigenvalue weighted by Gasteiger charge is 2.21. The van der Waals surface area contributed by atoms with Crippen LogP contribution in [0.5, 0.6) is 0 Å². The maximum atomic E-state index is 11.1. The van der Waals surface area contributed by atoms with Gasteiger partial charge >= 0.3 is 0 Å². The maximum absolute atomic E-state index is 11.1. The van der Waals surface area contributed by atoms with Crippen LogP contribution in [0.3, 0.4) is 0 Å². The zero-order valence-corrected chi connectivity index (χ0v) is 7.79. The van der Waals surface area contributed by atoms with E-state index in [2.05, 4.69) is 0 Å². The lowest BCUT2D eigenvalue weighted by molar-refractivity contribution is -0.124. The molecule has 0 spiro atoms. The Morgan fingerprint density at radius 1 is 1.36 bits per heavy atom. The predicted molar refractivity (Wildman–Crippen MR) is 45.3 cm³/mol. The summed E-state index contributed by atoms with van der Waals surface area (Å²) in [6.07, 6.45) is 0.179. The van der Waals surface area contributed by atoms with Crippen LogP contribution in [0.2, 0.25) is 0 Å². The smallest absolute Gasteiger partial charge is 0.135 e. The molecule has 0 fully saturated rings. The Hall–Kier alpha value is -0.370. The van der Waals surface area contributed by atoms with Crippen molar-refractivity contribution in [3.8, 4) is 0 Å². The van der Waals surface area contributed by atoms with Crippen molar-refractivity contribution in [2.45, 2.75) is 40.2 Å². The van der Waals surface area contributed by atoms with Gasteiger partial charge in [-0.2, -0.15) is 0 Å². The average Bonchev–Trinajstić information content (AvgIpc) is 2.00. The van der Waals surface area contributed by atoms with Crippen molar-refractivity contribution in [2.75, 3.05) is 0 Å². The number of ketones is 1. The van der Waals surface area contributed by atoms with Crippen molar-refractivity contribution in [3.63, 3.8) is 0 Å². The topological polar surface area (TPSA) is 37.3 Å². The van der Waals surface area contributed by atoms with Gasteiger partial charge in [0.15, 0.2) is 0 Å². The molecule has 0 heterocycles. The molecular formula is C9H18O2. The number of aliphatic hydroxyl groups excluding tert-OH is 1. The second-order valence-corrected chi connectivity index (χ2v) is 3.21. The molecule has 3 atom stereocenters. The lowest BCUT2D eigenvalue weighted by Gasteiger charge is -2.20. The van der Waals surface area contributed by atoms with E-state index in [1.807, 2.05) is 20.8 Å². The lowest BCUT2D eigenvalue weighted by atomic mass is 9.87. The molecule has 0 aliphatic carbocycles. The molecule has 0 saturated heterocycles. The Morgan fingerprint density at radius 2 is 1.82 bits per heavy atom. The van der Waals surface area contributed by atoms with Crippen LogP contribution in [0, 0.1) is 11.8 Å². The van der Waals surface area contributed by atoms with E-state index in [1.165, 1.54) is 0 Å². The first kappa shape index (κ1) is 10.6. The molecule has 11 heavy (non-hydrogen) atoms. The molecule has 0 bridgehead atoms. The molecule has 0 aromatic heterocycles. The molecule has 0 aromatic rings. The SMILES string of the molecule is CCC(=O)C(C)C(C)C(C)O. The van der Waals surface area contributed by atoms with Crippen LogP contribution in [0.1, 0.15) is 34.1 Å². The summed E-state index contributed by atoms with van der Waals surface area (Å²) in [5.41, 5.74) is 0. The van der Waals surface area contributed by atoms with Crippen LogP contribution in [0.15, 0.2) is 0 Å². The Morgan fingerprint density at radius 3 is 2.09 bits per heavy atom. The average molecular weight is 158 g/mol. The fourth-order valence-corrected chi connectivity index (χ4v) is 1.03. The Balaban J connectivity index is 4.01. The van der Waals surface area contributed by atoms with Crippen molar-refractivity contribution in [1.82, 2.24) is 0 Å². The van der Waals surface area contributed by atoms with Gasteiger partial charge in [-0.15, -0.1) is 0 Å². The summed E-state index contributed by atoms with van der Waals surface area (Å²) < 4.78 is 0. The minimum Gasteiger partial charge on any atom is -0.393 e. The molecule has 1 N–H and O–H groups in total. The molecule has 0 amide bonds. The number of aliphatic hydroxyl groups is 1. The highest BCUT2D eigenvalue weighted by molar-refractivity contribution is 5.80. The van der Waals surface area contributed by atoms with E-state index in [0.717, 1.165) is 0 Å². The first-order valence-corrected chi connectivity index (χ1v) is 4.21. The van der Waals surface area contributed by atoms with Gasteiger partial charge in [0.05, 0.1) is 6.10 Å². The normalized spacial score (nSPS) is 19.0. The Labute approximate surface area is 68.6 Å². The van der Waals surface area contributed by atoms with E-state index < -0.39 is 0 Å². The number of Topliss-reactive ketones (excluding diaryl/α,β-unsaturated/α-hetero) is 1. The van der Waals surface area contributed by atoms with Crippen LogP contribution in [-0.4, -0.2) is 17.0 Å². The molecule has 0 radical (unpaired) electrons. The van der Waals surface area contributed by atoms with Crippen molar-refractivity contribution < 1.29 is 9.90 Å². The monoisotopic (exact) mass is 158 g/mol. The van der Waals surface area contributed by atoms with Crippen LogP contribution < -0.4 is 0 Å². The fraction of sp³-hybridized carbons (Fsp3) is 0.889. The third-order valence-corrected chi connectivity index (χ3v) is 2.41. The lowest BCUT2D eigenvalue weighted by Crippen LogP contribution is -2.26.